The zero-order valence-electron chi connectivity index (χ0n) is 41.2. The van der Waals surface area contributed by atoms with Crippen molar-refractivity contribution in [1.29, 1.82) is 0 Å². The van der Waals surface area contributed by atoms with Crippen LogP contribution in [-0.2, 0) is 45.1 Å². The summed E-state index contributed by atoms with van der Waals surface area (Å²) < 4.78 is 37.5. The number of aryl methyl sites for hydroxylation is 1. The maximum Gasteiger partial charge on any atom is 0.343 e. The summed E-state index contributed by atoms with van der Waals surface area (Å²) in [6.07, 6.45) is 13.8. The van der Waals surface area contributed by atoms with E-state index in [4.69, 9.17) is 47.8 Å². The summed E-state index contributed by atoms with van der Waals surface area (Å²) in [6.45, 7) is 11.3. The zero-order valence-corrected chi connectivity index (χ0v) is 41.2. The first-order valence-corrected chi connectivity index (χ1v) is 23.7. The molecule has 0 N–H and O–H groups in total. The second kappa shape index (κ2) is 36.0. The van der Waals surface area contributed by atoms with Gasteiger partial charge in [0.1, 0.15) is 30.1 Å². The molecule has 0 aliphatic rings. The molecule has 0 bridgehead atoms. The Bertz CT molecular complexity index is 2200. The molecule has 71 heavy (non-hydrogen) atoms. The molecule has 384 valence electrons. The molecule has 16 heteroatoms. The number of hydrogen-bond acceptors (Lipinski definition) is 16. The number of unbranched alkanes of at least 4 members (excludes halogenated alkanes) is 9. The van der Waals surface area contributed by atoms with Gasteiger partial charge in [0.25, 0.3) is 0 Å². The highest BCUT2D eigenvalue weighted by atomic mass is 17.2. The lowest BCUT2D eigenvalue weighted by Gasteiger charge is -2.12. The fourth-order valence-corrected chi connectivity index (χ4v) is 6.28. The van der Waals surface area contributed by atoms with Gasteiger partial charge in [-0.3, -0.25) is 9.59 Å². The molecule has 0 saturated heterocycles. The standard InChI is InChI=1S/C38H44O11.C17H24O5/c1-4-36(40)45-23-11-8-7-10-22-44-31-18-15-29(16-19-31)38(42)48-34-21-20-33(26-35(34)43-3)49-46-24-12-6-5-9-13-37(41)47-32-17-14-28(2)30(25-32)27-39;1-3-17(18)21-13-7-5-4-6-12-20-16-10-8-15(9-11-16)14-22-19-2/h4,14-21,25-27H,1,5-13,22-24H2,2-3H3;3,8-11H,1,4-7,12-14H2,2H3. The maximum atomic E-state index is 12.8. The SMILES string of the molecule is C=CC(=O)OCCCCCCOc1ccc(C(=O)Oc2ccc(OOCCCCCCC(=O)Oc3ccc(C)c(C=O)c3)cc2OC)cc1.C=CC(=O)OCCCCCCOc1ccc(COOC)cc1. The van der Waals surface area contributed by atoms with Crippen LogP contribution >= 0.6 is 0 Å². The van der Waals surface area contributed by atoms with Gasteiger partial charge in [0.2, 0.25) is 0 Å². The highest BCUT2D eigenvalue weighted by Crippen LogP contribution is 2.32. The van der Waals surface area contributed by atoms with E-state index in [1.807, 2.05) is 31.2 Å². The van der Waals surface area contributed by atoms with E-state index in [2.05, 4.69) is 18.0 Å². The summed E-state index contributed by atoms with van der Waals surface area (Å²) in [4.78, 5) is 77.8. The number of esters is 4. The molecule has 0 aliphatic heterocycles. The summed E-state index contributed by atoms with van der Waals surface area (Å²) in [5.41, 5.74) is 2.71. The van der Waals surface area contributed by atoms with Gasteiger partial charge in [0.05, 0.1) is 52.8 Å². The van der Waals surface area contributed by atoms with E-state index in [0.717, 1.165) is 99.9 Å². The number of aldehydes is 1. The molecule has 0 fully saturated rings. The summed E-state index contributed by atoms with van der Waals surface area (Å²) >= 11 is 0. The van der Waals surface area contributed by atoms with Crippen LogP contribution in [0.5, 0.6) is 34.5 Å². The van der Waals surface area contributed by atoms with Crippen molar-refractivity contribution in [3.63, 3.8) is 0 Å². The molecule has 0 aliphatic carbocycles. The number of carbonyl (C=O) groups is 5. The van der Waals surface area contributed by atoms with Crippen LogP contribution in [0.1, 0.15) is 115 Å². The number of hydrogen-bond donors (Lipinski definition) is 0. The minimum Gasteiger partial charge on any atom is -0.494 e. The summed E-state index contributed by atoms with van der Waals surface area (Å²) in [6, 6.07) is 24.1. The minimum atomic E-state index is -0.553. The lowest BCUT2D eigenvalue weighted by Crippen LogP contribution is -2.09. The zero-order chi connectivity index (χ0) is 51.3. The molecule has 4 rings (SSSR count). The topological polar surface area (TPSA) is 187 Å². The molecule has 0 unspecified atom stereocenters. The Labute approximate surface area is 416 Å². The van der Waals surface area contributed by atoms with Crippen molar-refractivity contribution in [1.82, 2.24) is 0 Å². The Morgan fingerprint density at radius 2 is 1.07 bits per heavy atom. The first-order valence-electron chi connectivity index (χ1n) is 23.7. The number of methoxy groups -OCH3 is 1. The van der Waals surface area contributed by atoms with E-state index >= 15 is 0 Å². The lowest BCUT2D eigenvalue weighted by molar-refractivity contribution is -0.282. The third kappa shape index (κ3) is 25.4. The Hall–Kier alpha value is -7.01. The maximum absolute atomic E-state index is 12.8. The van der Waals surface area contributed by atoms with Gasteiger partial charge in [-0.2, -0.15) is 4.89 Å². The van der Waals surface area contributed by atoms with Crippen molar-refractivity contribution < 1.29 is 76.7 Å². The van der Waals surface area contributed by atoms with Crippen LogP contribution in [0, 0.1) is 6.92 Å². The molecule has 0 saturated carbocycles. The molecule has 4 aromatic carbocycles. The number of rotatable bonds is 35. The molecule has 0 radical (unpaired) electrons. The van der Waals surface area contributed by atoms with Gasteiger partial charge in [0, 0.05) is 30.2 Å². The van der Waals surface area contributed by atoms with E-state index in [1.54, 1.807) is 60.7 Å². The fraction of sp³-hybridized carbons (Fsp3) is 0.400. The first-order chi connectivity index (χ1) is 34.6. The van der Waals surface area contributed by atoms with E-state index < -0.39 is 11.9 Å². The number of benzene rings is 4. The Kier molecular flexibility index (Phi) is 29.6. The average molecular weight is 985 g/mol. The molecule has 0 amide bonds. The quantitative estimate of drug-likeness (QED) is 0.00805. The number of carbonyl (C=O) groups excluding carboxylic acids is 5. The van der Waals surface area contributed by atoms with Crippen LogP contribution in [0.4, 0.5) is 0 Å². The Morgan fingerprint density at radius 3 is 1.63 bits per heavy atom. The average Bonchev–Trinajstić information content (AvgIpc) is 3.39. The molecular formula is C55H68O16. The fourth-order valence-electron chi connectivity index (χ4n) is 6.28. The lowest BCUT2D eigenvalue weighted by atomic mass is 10.1. The first kappa shape index (κ1) is 58.3. The van der Waals surface area contributed by atoms with Crippen LogP contribution in [0.25, 0.3) is 0 Å². The molecule has 16 nitrogen and oxygen atoms in total. The van der Waals surface area contributed by atoms with Gasteiger partial charge in [-0.05, 0) is 143 Å². The van der Waals surface area contributed by atoms with Gasteiger partial charge in [0.15, 0.2) is 17.2 Å². The minimum absolute atomic E-state index is 0.226. The van der Waals surface area contributed by atoms with Crippen LogP contribution in [-0.4, -0.2) is 77.4 Å². The third-order valence-electron chi connectivity index (χ3n) is 10.3. The molecule has 0 heterocycles. The predicted molar refractivity (Wildman–Crippen MR) is 265 cm³/mol. The summed E-state index contributed by atoms with van der Waals surface area (Å²) in [5, 5.41) is 0. The predicted octanol–water partition coefficient (Wildman–Crippen LogP) is 11.0. The van der Waals surface area contributed by atoms with Crippen LogP contribution in [0.2, 0.25) is 0 Å². The van der Waals surface area contributed by atoms with E-state index in [1.165, 1.54) is 20.3 Å². The van der Waals surface area contributed by atoms with Crippen molar-refractivity contribution in [3.8, 4) is 34.5 Å². The normalized spacial score (nSPS) is 10.4. The monoisotopic (exact) mass is 984 g/mol. The number of ether oxygens (including phenoxy) is 7. The summed E-state index contributed by atoms with van der Waals surface area (Å²) in [5.74, 6) is 1.11. The second-order valence-corrected chi connectivity index (χ2v) is 15.7. The molecule has 0 spiro atoms. The van der Waals surface area contributed by atoms with E-state index in [-0.39, 0.29) is 24.1 Å². The second-order valence-electron chi connectivity index (χ2n) is 15.7. The third-order valence-corrected chi connectivity index (χ3v) is 10.3. The van der Waals surface area contributed by atoms with Gasteiger partial charge < -0.3 is 38.0 Å². The Morgan fingerprint density at radius 1 is 0.535 bits per heavy atom. The highest BCUT2D eigenvalue weighted by molar-refractivity contribution is 5.91. The Balaban J connectivity index is 0.000000505. The van der Waals surface area contributed by atoms with Crippen molar-refractivity contribution in [2.24, 2.45) is 0 Å². The van der Waals surface area contributed by atoms with Gasteiger partial charge in [-0.1, -0.05) is 44.2 Å². The van der Waals surface area contributed by atoms with Crippen molar-refractivity contribution in [3.05, 3.63) is 132 Å². The van der Waals surface area contributed by atoms with E-state index in [0.29, 0.717) is 80.2 Å². The van der Waals surface area contributed by atoms with Crippen molar-refractivity contribution >= 4 is 30.2 Å². The van der Waals surface area contributed by atoms with Crippen LogP contribution < -0.4 is 28.6 Å². The molecule has 0 aromatic heterocycles. The van der Waals surface area contributed by atoms with Gasteiger partial charge >= 0.3 is 23.9 Å². The molecular weight excluding hydrogens is 917 g/mol. The molecule has 4 aromatic rings. The van der Waals surface area contributed by atoms with Crippen molar-refractivity contribution in [2.75, 3.05) is 47.3 Å². The van der Waals surface area contributed by atoms with Gasteiger partial charge in [-0.25, -0.2) is 24.2 Å². The van der Waals surface area contributed by atoms with Gasteiger partial charge in [-0.15, -0.1) is 0 Å². The van der Waals surface area contributed by atoms with Crippen molar-refractivity contribution in [2.45, 2.75) is 97.0 Å². The smallest absolute Gasteiger partial charge is 0.343 e. The highest BCUT2D eigenvalue weighted by Gasteiger charge is 2.15. The largest absolute Gasteiger partial charge is 0.494 e. The van der Waals surface area contributed by atoms with E-state index in [9.17, 15) is 24.0 Å². The summed E-state index contributed by atoms with van der Waals surface area (Å²) in [7, 11) is 2.95. The molecule has 0 atom stereocenters. The van der Waals surface area contributed by atoms with Crippen LogP contribution in [0.3, 0.4) is 0 Å². The van der Waals surface area contributed by atoms with Crippen LogP contribution in [0.15, 0.2) is 110 Å².